The minimum Gasteiger partial charge on any atom is -0.395 e. The Bertz CT molecular complexity index is 1060. The zero-order valence-electron chi connectivity index (χ0n) is 19.3. The molecule has 3 heterocycles. The number of nitrogens with two attached hydrogens (primary N) is 2. The van der Waals surface area contributed by atoms with E-state index in [9.17, 15) is 9.59 Å². The lowest BCUT2D eigenvalue weighted by molar-refractivity contribution is -0.119. The Morgan fingerprint density at radius 1 is 1.16 bits per heavy atom. The highest BCUT2D eigenvalue weighted by Crippen LogP contribution is 2.26. The molecule has 0 atom stereocenters. The van der Waals surface area contributed by atoms with E-state index in [0.717, 1.165) is 42.6 Å². The highest BCUT2D eigenvalue weighted by Gasteiger charge is 2.23. The number of allylic oxidation sites excluding steroid dienone is 1. The van der Waals surface area contributed by atoms with Crippen LogP contribution in [0.3, 0.4) is 0 Å². The van der Waals surface area contributed by atoms with Crippen molar-refractivity contribution >= 4 is 17.3 Å². The van der Waals surface area contributed by atoms with Crippen LogP contribution in [0.5, 0.6) is 0 Å². The topological polar surface area (TPSA) is 110 Å². The molecular weight excluding hydrogens is 404 g/mol. The Labute approximate surface area is 189 Å². The Hall–Kier alpha value is -3.13. The van der Waals surface area contributed by atoms with Gasteiger partial charge in [0.25, 0.3) is 5.56 Å². The fourth-order valence-electron chi connectivity index (χ4n) is 4.05. The molecule has 0 saturated carbocycles. The van der Waals surface area contributed by atoms with Gasteiger partial charge in [0.05, 0.1) is 35.0 Å². The molecule has 0 aromatic carbocycles. The monoisotopic (exact) mass is 438 g/mol. The summed E-state index contributed by atoms with van der Waals surface area (Å²) in [5.41, 5.74) is 10.7. The van der Waals surface area contributed by atoms with E-state index in [0.29, 0.717) is 36.5 Å². The second-order valence-electron chi connectivity index (χ2n) is 8.24. The van der Waals surface area contributed by atoms with Gasteiger partial charge in [-0.15, -0.1) is 0 Å². The number of anilines is 1. The molecule has 172 valence electrons. The number of aromatic nitrogens is 2. The molecule has 1 amide bonds. The molecule has 1 aliphatic heterocycles. The first-order valence-corrected chi connectivity index (χ1v) is 11.3. The van der Waals surface area contributed by atoms with Gasteiger partial charge < -0.3 is 20.2 Å². The Morgan fingerprint density at radius 3 is 2.59 bits per heavy atom. The van der Waals surface area contributed by atoms with Crippen molar-refractivity contribution in [3.8, 4) is 0 Å². The average Bonchev–Trinajstić information content (AvgIpc) is 2.79. The Balaban J connectivity index is 1.98. The average molecular weight is 439 g/mol. The zero-order chi connectivity index (χ0) is 23.3. The highest BCUT2D eigenvalue weighted by atomic mass is 16.2. The molecule has 2 aromatic rings. The molecule has 0 unspecified atom stereocenters. The predicted octanol–water partition coefficient (Wildman–Crippen LogP) is 2.41. The lowest BCUT2D eigenvalue weighted by Crippen LogP contribution is -2.36. The summed E-state index contributed by atoms with van der Waals surface area (Å²) in [6.45, 7) is 5.07. The highest BCUT2D eigenvalue weighted by molar-refractivity contribution is 5.94. The van der Waals surface area contributed by atoms with E-state index in [1.165, 1.54) is 5.01 Å². The van der Waals surface area contributed by atoms with Crippen molar-refractivity contribution in [1.29, 1.82) is 0 Å². The van der Waals surface area contributed by atoms with Crippen LogP contribution in [0.1, 0.15) is 56.5 Å². The van der Waals surface area contributed by atoms with Gasteiger partial charge in [0.1, 0.15) is 0 Å². The van der Waals surface area contributed by atoms with Crippen molar-refractivity contribution in [2.45, 2.75) is 58.9 Å². The first kappa shape index (κ1) is 23.5. The van der Waals surface area contributed by atoms with E-state index in [4.69, 9.17) is 16.6 Å². The molecule has 0 aliphatic carbocycles. The summed E-state index contributed by atoms with van der Waals surface area (Å²) in [6, 6.07) is 7.18. The number of rotatable bonds is 8. The third-order valence-electron chi connectivity index (χ3n) is 5.82. The summed E-state index contributed by atoms with van der Waals surface area (Å²) in [5.74, 6) is 6.24. The maximum absolute atomic E-state index is 12.4. The lowest BCUT2D eigenvalue weighted by Gasteiger charge is -2.28. The number of piperidine rings is 1. The van der Waals surface area contributed by atoms with Gasteiger partial charge >= 0.3 is 0 Å². The van der Waals surface area contributed by atoms with Gasteiger partial charge in [0.2, 0.25) is 5.91 Å². The quantitative estimate of drug-likeness (QED) is 0.484. The number of nitrogens with zero attached hydrogens (tertiary/aromatic N) is 4. The largest absolute Gasteiger partial charge is 0.395 e. The summed E-state index contributed by atoms with van der Waals surface area (Å²) in [5, 5.41) is 1.43. The van der Waals surface area contributed by atoms with E-state index < -0.39 is 0 Å². The van der Waals surface area contributed by atoms with Crippen molar-refractivity contribution in [2.75, 3.05) is 18.5 Å². The van der Waals surface area contributed by atoms with E-state index >= 15 is 0 Å². The van der Waals surface area contributed by atoms with Gasteiger partial charge in [0.15, 0.2) is 0 Å². The van der Waals surface area contributed by atoms with Crippen molar-refractivity contribution in [3.05, 3.63) is 63.5 Å². The van der Waals surface area contributed by atoms with Gasteiger partial charge in [0, 0.05) is 32.3 Å². The van der Waals surface area contributed by atoms with Crippen LogP contribution in [0.2, 0.25) is 0 Å². The molecular formula is C24H34N6O2. The number of carbonyl (C=O) groups is 1. The lowest BCUT2D eigenvalue weighted by atomic mass is 10.1. The molecule has 3 rings (SSSR count). The first-order chi connectivity index (χ1) is 15.3. The maximum Gasteiger partial charge on any atom is 0.250 e. The van der Waals surface area contributed by atoms with Crippen molar-refractivity contribution in [3.63, 3.8) is 0 Å². The third kappa shape index (κ3) is 5.19. The summed E-state index contributed by atoms with van der Waals surface area (Å²) < 4.78 is 1.62. The molecule has 1 fully saturated rings. The van der Waals surface area contributed by atoms with Crippen LogP contribution >= 0.6 is 0 Å². The van der Waals surface area contributed by atoms with Gasteiger partial charge in [-0.2, -0.15) is 0 Å². The number of hydrogen-bond donors (Lipinski definition) is 2. The molecule has 8 heteroatoms. The van der Waals surface area contributed by atoms with Crippen molar-refractivity contribution in [1.82, 2.24) is 14.6 Å². The molecule has 1 saturated heterocycles. The second-order valence-corrected chi connectivity index (χ2v) is 8.24. The van der Waals surface area contributed by atoms with Gasteiger partial charge in [-0.25, -0.2) is 10.8 Å². The van der Waals surface area contributed by atoms with Gasteiger partial charge in [-0.1, -0.05) is 26.3 Å². The van der Waals surface area contributed by atoms with Crippen LogP contribution in [0.4, 0.5) is 5.69 Å². The minimum absolute atomic E-state index is 0.113. The molecule has 4 N–H and O–H groups in total. The molecule has 2 aromatic heterocycles. The fraction of sp³-hybridized carbons (Fsp3) is 0.458. The molecule has 8 nitrogen and oxygen atoms in total. The van der Waals surface area contributed by atoms with E-state index in [2.05, 4.69) is 6.92 Å². The molecule has 0 bridgehead atoms. The van der Waals surface area contributed by atoms with Crippen LogP contribution in [0, 0.1) is 0 Å². The van der Waals surface area contributed by atoms with Crippen LogP contribution in [-0.2, 0) is 24.2 Å². The second kappa shape index (κ2) is 10.5. The SMILES string of the molecule is CCCc1ccc(=O)n(C/C(=C(/N)c2ccc(N3CCCCC3=O)c(CC)n2)N(C)N)c1. The third-order valence-corrected chi connectivity index (χ3v) is 5.82. The zero-order valence-corrected chi connectivity index (χ0v) is 19.3. The number of hydrogen-bond acceptors (Lipinski definition) is 6. The van der Waals surface area contributed by atoms with Gasteiger partial charge in [-0.3, -0.25) is 9.59 Å². The predicted molar refractivity (Wildman–Crippen MR) is 128 cm³/mol. The van der Waals surface area contributed by atoms with E-state index in [-0.39, 0.29) is 18.0 Å². The van der Waals surface area contributed by atoms with Crippen LogP contribution in [-0.4, -0.2) is 34.1 Å². The number of hydrazine groups is 1. The van der Waals surface area contributed by atoms with Crippen LogP contribution < -0.4 is 22.0 Å². The van der Waals surface area contributed by atoms with E-state index in [1.807, 2.05) is 36.2 Å². The normalized spacial score (nSPS) is 15.0. The number of aryl methyl sites for hydroxylation is 2. The van der Waals surface area contributed by atoms with Crippen molar-refractivity contribution < 1.29 is 4.79 Å². The molecule has 0 spiro atoms. The Kier molecular flexibility index (Phi) is 7.69. The summed E-state index contributed by atoms with van der Waals surface area (Å²) in [4.78, 5) is 31.4. The molecule has 32 heavy (non-hydrogen) atoms. The summed E-state index contributed by atoms with van der Waals surface area (Å²) >= 11 is 0. The molecule has 0 radical (unpaired) electrons. The van der Waals surface area contributed by atoms with Crippen LogP contribution in [0.25, 0.3) is 5.70 Å². The smallest absolute Gasteiger partial charge is 0.250 e. The maximum atomic E-state index is 12.4. The number of amides is 1. The van der Waals surface area contributed by atoms with Gasteiger partial charge in [-0.05, 0) is 43.4 Å². The molecule has 1 aliphatic rings. The first-order valence-electron chi connectivity index (χ1n) is 11.3. The Morgan fingerprint density at radius 2 is 1.94 bits per heavy atom. The number of carbonyl (C=O) groups excluding carboxylic acids is 1. The van der Waals surface area contributed by atoms with E-state index in [1.54, 1.807) is 17.7 Å². The summed E-state index contributed by atoms with van der Waals surface area (Å²) in [6.07, 6.45) is 6.92. The fourth-order valence-corrected chi connectivity index (χ4v) is 4.05. The number of likely N-dealkylation sites (N-methyl/N-ethyl adjacent to an activating group) is 1. The summed E-state index contributed by atoms with van der Waals surface area (Å²) in [7, 11) is 1.70. The van der Waals surface area contributed by atoms with Crippen LogP contribution in [0.15, 0.2) is 41.0 Å². The van der Waals surface area contributed by atoms with Crippen molar-refractivity contribution in [2.24, 2.45) is 11.6 Å². The minimum atomic E-state index is -0.113. The number of pyridine rings is 2. The standard InChI is InChI=1S/C24H34N6O2/c1-4-8-17-10-13-22(31)29(15-17)16-21(28(3)26)24(25)19-11-12-20(18(5-2)27-19)30-14-7-6-9-23(30)32/h10-13,15H,4-9,14,16,25-26H2,1-3H3/b24-21-.